The van der Waals surface area contributed by atoms with Gasteiger partial charge in [-0.1, -0.05) is 6.92 Å². The third kappa shape index (κ3) is 4.24. The molecular weight excluding hydrogens is 144 g/mol. The van der Waals surface area contributed by atoms with Crippen LogP contribution in [0.3, 0.4) is 0 Å². The molecule has 1 unspecified atom stereocenters. The van der Waals surface area contributed by atoms with Crippen LogP contribution < -0.4 is 0 Å². The zero-order chi connectivity index (χ0) is 7.49. The molecule has 0 radical (unpaired) electrons. The highest BCUT2D eigenvalue weighted by Gasteiger charge is 2.23. The van der Waals surface area contributed by atoms with Gasteiger partial charge < -0.3 is 9.84 Å². The first kappa shape index (κ1) is 8.72. The molecule has 0 amide bonds. The molecule has 0 saturated carbocycles. The molecular formula is C5H9ClO3. The van der Waals surface area contributed by atoms with Crippen LogP contribution in [0.5, 0.6) is 0 Å². The summed E-state index contributed by atoms with van der Waals surface area (Å²) in [7, 11) is 0. The summed E-state index contributed by atoms with van der Waals surface area (Å²) in [5.41, 5.74) is 0. The van der Waals surface area contributed by atoms with Gasteiger partial charge in [-0.05, 0) is 11.6 Å². The average molecular weight is 153 g/mol. The monoisotopic (exact) mass is 152 g/mol. The van der Waals surface area contributed by atoms with Gasteiger partial charge in [-0.2, -0.15) is 0 Å². The zero-order valence-electron chi connectivity index (χ0n) is 5.35. The van der Waals surface area contributed by atoms with Gasteiger partial charge in [0.25, 0.3) is 5.25 Å². The van der Waals surface area contributed by atoms with Crippen LogP contribution in [0.4, 0.5) is 0 Å². The number of aliphatic hydroxyl groups is 1. The Morgan fingerprint density at radius 3 is 2.44 bits per heavy atom. The van der Waals surface area contributed by atoms with Crippen molar-refractivity contribution in [3.8, 4) is 0 Å². The van der Waals surface area contributed by atoms with Gasteiger partial charge in [0.05, 0.1) is 0 Å². The lowest BCUT2D eigenvalue weighted by molar-refractivity contribution is -0.176. The lowest BCUT2D eigenvalue weighted by Crippen LogP contribution is -2.25. The fourth-order valence-electron chi connectivity index (χ4n) is 0.292. The van der Waals surface area contributed by atoms with E-state index in [-0.39, 0.29) is 6.42 Å². The molecule has 0 saturated heterocycles. The first-order valence-corrected chi connectivity index (χ1v) is 2.96. The highest BCUT2D eigenvalue weighted by atomic mass is 35.5. The van der Waals surface area contributed by atoms with Crippen molar-refractivity contribution in [3.63, 3.8) is 0 Å². The van der Waals surface area contributed by atoms with E-state index in [2.05, 4.69) is 4.74 Å². The maximum Gasteiger partial charge on any atom is 0.306 e. The molecule has 0 aromatic heterocycles. The topological polar surface area (TPSA) is 46.5 Å². The van der Waals surface area contributed by atoms with E-state index in [0.29, 0.717) is 0 Å². The van der Waals surface area contributed by atoms with Gasteiger partial charge in [-0.25, -0.2) is 0 Å². The van der Waals surface area contributed by atoms with Crippen LogP contribution in [-0.4, -0.2) is 16.3 Å². The lowest BCUT2D eigenvalue weighted by Gasteiger charge is -2.16. The minimum Gasteiger partial charge on any atom is -0.419 e. The number of carbonyl (C=O) groups is 1. The van der Waals surface area contributed by atoms with Gasteiger partial charge in [0, 0.05) is 13.3 Å². The van der Waals surface area contributed by atoms with Crippen LogP contribution in [0.1, 0.15) is 20.3 Å². The number of rotatable bonds is 2. The fourth-order valence-corrected chi connectivity index (χ4v) is 0.401. The minimum absolute atomic E-state index is 0.175. The number of halogens is 1. The van der Waals surface area contributed by atoms with Crippen LogP contribution in [0.15, 0.2) is 0 Å². The van der Waals surface area contributed by atoms with Crippen molar-refractivity contribution in [2.45, 2.75) is 25.5 Å². The summed E-state index contributed by atoms with van der Waals surface area (Å²) in [5.74, 6) is -0.589. The largest absolute Gasteiger partial charge is 0.419 e. The Morgan fingerprint density at radius 1 is 1.89 bits per heavy atom. The Morgan fingerprint density at radius 2 is 2.33 bits per heavy atom. The Balaban J connectivity index is 3.71. The van der Waals surface area contributed by atoms with E-state index in [1.165, 1.54) is 6.92 Å². The third-order valence-corrected chi connectivity index (χ3v) is 1.08. The smallest absolute Gasteiger partial charge is 0.306 e. The van der Waals surface area contributed by atoms with E-state index in [4.69, 9.17) is 16.7 Å². The van der Waals surface area contributed by atoms with E-state index >= 15 is 0 Å². The molecule has 0 rings (SSSR count). The van der Waals surface area contributed by atoms with Gasteiger partial charge in [0.15, 0.2) is 0 Å². The number of hydrogen-bond acceptors (Lipinski definition) is 3. The molecule has 0 aromatic carbocycles. The maximum absolute atomic E-state index is 10.2. The van der Waals surface area contributed by atoms with Crippen molar-refractivity contribution in [2.24, 2.45) is 0 Å². The number of hydrogen-bond donors (Lipinski definition) is 1. The van der Waals surface area contributed by atoms with E-state index in [1.807, 2.05) is 0 Å². The Labute approximate surface area is 58.6 Å². The molecule has 0 aromatic rings. The van der Waals surface area contributed by atoms with E-state index in [1.54, 1.807) is 6.92 Å². The van der Waals surface area contributed by atoms with Gasteiger partial charge in [-0.15, -0.1) is 0 Å². The molecule has 0 aliphatic carbocycles. The van der Waals surface area contributed by atoms with Crippen LogP contribution >= 0.6 is 11.6 Å². The van der Waals surface area contributed by atoms with Crippen LogP contribution in [-0.2, 0) is 9.53 Å². The van der Waals surface area contributed by atoms with Gasteiger partial charge >= 0.3 is 5.97 Å². The van der Waals surface area contributed by atoms with Crippen molar-refractivity contribution in [2.75, 3.05) is 0 Å². The van der Waals surface area contributed by atoms with Crippen LogP contribution in [0.2, 0.25) is 0 Å². The fraction of sp³-hybridized carbons (Fsp3) is 0.800. The molecule has 0 spiro atoms. The summed E-state index contributed by atoms with van der Waals surface area (Å²) in [5, 5.41) is 7.00. The van der Waals surface area contributed by atoms with Gasteiger partial charge in [-0.3, -0.25) is 4.79 Å². The molecule has 3 nitrogen and oxygen atoms in total. The van der Waals surface area contributed by atoms with Crippen LogP contribution in [0.25, 0.3) is 0 Å². The summed E-state index contributed by atoms with van der Waals surface area (Å²) in [6.07, 6.45) is 0.175. The van der Waals surface area contributed by atoms with E-state index in [9.17, 15) is 4.79 Å². The van der Waals surface area contributed by atoms with Crippen molar-refractivity contribution in [3.05, 3.63) is 0 Å². The maximum atomic E-state index is 10.2. The predicted molar refractivity (Wildman–Crippen MR) is 32.9 cm³/mol. The lowest BCUT2D eigenvalue weighted by atomic mass is 10.5. The molecule has 1 N–H and O–H groups in total. The van der Waals surface area contributed by atoms with Crippen molar-refractivity contribution < 1.29 is 14.6 Å². The first-order chi connectivity index (χ1) is 3.98. The van der Waals surface area contributed by atoms with Gasteiger partial charge in [0.1, 0.15) is 0 Å². The second-order valence-corrected chi connectivity index (χ2v) is 2.23. The van der Waals surface area contributed by atoms with Gasteiger partial charge in [0.2, 0.25) is 0 Å². The molecule has 0 aliphatic heterocycles. The summed E-state index contributed by atoms with van der Waals surface area (Å²) >= 11 is 5.23. The van der Waals surface area contributed by atoms with Crippen molar-refractivity contribution in [1.29, 1.82) is 0 Å². The second-order valence-electron chi connectivity index (χ2n) is 1.64. The third-order valence-electron chi connectivity index (χ3n) is 0.736. The quantitative estimate of drug-likeness (QED) is 0.363. The Kier molecular flexibility index (Phi) is 2.94. The molecule has 54 valence electrons. The molecule has 0 aliphatic rings. The van der Waals surface area contributed by atoms with Crippen LogP contribution in [0, 0.1) is 0 Å². The average Bonchev–Trinajstić information content (AvgIpc) is 1.63. The molecule has 1 atom stereocenters. The zero-order valence-corrected chi connectivity index (χ0v) is 6.10. The number of esters is 1. The van der Waals surface area contributed by atoms with E-state index in [0.717, 1.165) is 0 Å². The summed E-state index contributed by atoms with van der Waals surface area (Å²) in [6.45, 7) is 2.79. The predicted octanol–water partition coefficient (Wildman–Crippen LogP) is 0.844. The minimum atomic E-state index is -1.81. The highest BCUT2D eigenvalue weighted by Crippen LogP contribution is 2.16. The normalized spacial score (nSPS) is 16.4. The molecule has 0 fully saturated rings. The van der Waals surface area contributed by atoms with E-state index < -0.39 is 11.2 Å². The summed E-state index contributed by atoms with van der Waals surface area (Å²) in [4.78, 5) is 10.2. The Bertz CT molecular complexity index is 111. The SMILES string of the molecule is CCC(O)(Cl)OC(C)=O. The first-order valence-electron chi connectivity index (χ1n) is 2.59. The molecule has 9 heavy (non-hydrogen) atoms. The highest BCUT2D eigenvalue weighted by molar-refractivity contribution is 6.22. The van der Waals surface area contributed by atoms with Crippen molar-refractivity contribution in [1.82, 2.24) is 0 Å². The molecule has 0 bridgehead atoms. The van der Waals surface area contributed by atoms with Crippen molar-refractivity contribution >= 4 is 17.6 Å². The standard InChI is InChI=1S/C5H9ClO3/c1-3-5(6,8)9-4(2)7/h8H,3H2,1-2H3. The summed E-state index contributed by atoms with van der Waals surface area (Å²) in [6, 6.07) is 0. The Hall–Kier alpha value is -0.280. The molecule has 4 heteroatoms. The second kappa shape index (κ2) is 3.03. The number of ether oxygens (including phenoxy) is 1. The number of carbonyl (C=O) groups excluding carboxylic acids is 1. The number of alkyl halides is 1. The molecule has 0 heterocycles. The summed E-state index contributed by atoms with van der Waals surface area (Å²) < 4.78 is 4.27.